The second kappa shape index (κ2) is 6.46. The van der Waals surface area contributed by atoms with Crippen molar-refractivity contribution in [2.75, 3.05) is 40.0 Å². The lowest BCUT2D eigenvalue weighted by Crippen LogP contribution is -2.40. The van der Waals surface area contributed by atoms with Gasteiger partial charge in [0.05, 0.1) is 6.61 Å². The topological polar surface area (TPSA) is 30.5 Å². The Morgan fingerprint density at radius 2 is 2.33 bits per heavy atom. The molecule has 3 heteroatoms. The van der Waals surface area contributed by atoms with Gasteiger partial charge in [-0.25, -0.2) is 0 Å². The number of hydrogen-bond donors (Lipinski definition) is 1. The van der Waals surface area contributed by atoms with Gasteiger partial charge in [-0.2, -0.15) is 0 Å². The highest BCUT2D eigenvalue weighted by atomic mass is 16.5. The predicted octanol–water partition coefficient (Wildman–Crippen LogP) is 1.68. The lowest BCUT2D eigenvalue weighted by molar-refractivity contribution is 0.0866. The summed E-state index contributed by atoms with van der Waals surface area (Å²) in [6.45, 7) is 9.28. The number of nitrogens with one attached hydrogen (secondary N) is 1. The van der Waals surface area contributed by atoms with Crippen molar-refractivity contribution in [1.82, 2.24) is 5.32 Å². The van der Waals surface area contributed by atoms with Crippen LogP contribution in [0.15, 0.2) is 0 Å². The van der Waals surface area contributed by atoms with Crippen LogP contribution in [0.5, 0.6) is 0 Å². The van der Waals surface area contributed by atoms with Crippen LogP contribution in [0.1, 0.15) is 26.7 Å². The summed E-state index contributed by atoms with van der Waals surface area (Å²) in [5.41, 5.74) is 0.342. The zero-order chi connectivity index (χ0) is 11.1. The third-order valence-electron chi connectivity index (χ3n) is 3.66. The smallest absolute Gasteiger partial charge is 0.0538 e. The Morgan fingerprint density at radius 1 is 1.53 bits per heavy atom. The molecular formula is C12H25NO2. The van der Waals surface area contributed by atoms with E-state index in [0.717, 1.165) is 39.3 Å². The van der Waals surface area contributed by atoms with Crippen molar-refractivity contribution in [3.63, 3.8) is 0 Å². The van der Waals surface area contributed by atoms with Gasteiger partial charge < -0.3 is 14.8 Å². The van der Waals surface area contributed by atoms with E-state index in [4.69, 9.17) is 9.47 Å². The molecule has 0 aromatic heterocycles. The van der Waals surface area contributed by atoms with E-state index >= 15 is 0 Å². The van der Waals surface area contributed by atoms with Gasteiger partial charge in [0.1, 0.15) is 0 Å². The van der Waals surface area contributed by atoms with Crippen molar-refractivity contribution < 1.29 is 9.47 Å². The fourth-order valence-corrected chi connectivity index (χ4v) is 2.30. The molecule has 1 rings (SSSR count). The van der Waals surface area contributed by atoms with Gasteiger partial charge in [-0.15, -0.1) is 0 Å². The van der Waals surface area contributed by atoms with Crippen molar-refractivity contribution in [3.05, 3.63) is 0 Å². The molecule has 1 saturated heterocycles. The van der Waals surface area contributed by atoms with E-state index in [2.05, 4.69) is 19.2 Å². The van der Waals surface area contributed by atoms with Crippen LogP contribution in [0, 0.1) is 11.3 Å². The van der Waals surface area contributed by atoms with Gasteiger partial charge in [-0.05, 0) is 25.3 Å². The Hall–Kier alpha value is -0.120. The first-order valence-corrected chi connectivity index (χ1v) is 6.02. The predicted molar refractivity (Wildman–Crippen MR) is 62.1 cm³/mol. The first-order chi connectivity index (χ1) is 7.25. The molecule has 90 valence electrons. The van der Waals surface area contributed by atoms with E-state index in [9.17, 15) is 0 Å². The molecule has 0 radical (unpaired) electrons. The van der Waals surface area contributed by atoms with E-state index in [1.807, 2.05) is 0 Å². The van der Waals surface area contributed by atoms with Crippen molar-refractivity contribution >= 4 is 0 Å². The molecule has 0 saturated carbocycles. The van der Waals surface area contributed by atoms with Gasteiger partial charge in [0.25, 0.3) is 0 Å². The zero-order valence-corrected chi connectivity index (χ0v) is 10.3. The minimum absolute atomic E-state index is 0.342. The fraction of sp³-hybridized carbons (Fsp3) is 1.00. The third kappa shape index (κ3) is 3.44. The van der Waals surface area contributed by atoms with Gasteiger partial charge >= 0.3 is 0 Å². The van der Waals surface area contributed by atoms with E-state index < -0.39 is 0 Å². The third-order valence-corrected chi connectivity index (χ3v) is 3.66. The monoisotopic (exact) mass is 215 g/mol. The SMILES string of the molecule is CCNCC1(C(C)CCOC)CCOC1. The lowest BCUT2D eigenvalue weighted by Gasteiger charge is -2.34. The van der Waals surface area contributed by atoms with Gasteiger partial charge in [0.15, 0.2) is 0 Å². The fourth-order valence-electron chi connectivity index (χ4n) is 2.30. The van der Waals surface area contributed by atoms with Gasteiger partial charge in [0.2, 0.25) is 0 Å². The Morgan fingerprint density at radius 3 is 2.87 bits per heavy atom. The minimum atomic E-state index is 0.342. The largest absolute Gasteiger partial charge is 0.385 e. The first-order valence-electron chi connectivity index (χ1n) is 6.02. The quantitative estimate of drug-likeness (QED) is 0.701. The van der Waals surface area contributed by atoms with E-state index in [0.29, 0.717) is 11.3 Å². The van der Waals surface area contributed by atoms with Crippen molar-refractivity contribution in [1.29, 1.82) is 0 Å². The number of rotatable bonds is 7. The lowest BCUT2D eigenvalue weighted by atomic mass is 9.74. The van der Waals surface area contributed by atoms with Crippen LogP contribution in [0.2, 0.25) is 0 Å². The van der Waals surface area contributed by atoms with Gasteiger partial charge in [-0.3, -0.25) is 0 Å². The van der Waals surface area contributed by atoms with Crippen LogP contribution in [0.4, 0.5) is 0 Å². The standard InChI is InChI=1S/C12H25NO2/c1-4-13-9-12(6-8-15-10-12)11(2)5-7-14-3/h11,13H,4-10H2,1-3H3. The first kappa shape index (κ1) is 12.9. The molecule has 15 heavy (non-hydrogen) atoms. The van der Waals surface area contributed by atoms with Crippen LogP contribution < -0.4 is 5.32 Å². The summed E-state index contributed by atoms with van der Waals surface area (Å²) in [6.07, 6.45) is 2.32. The summed E-state index contributed by atoms with van der Waals surface area (Å²) >= 11 is 0. The minimum Gasteiger partial charge on any atom is -0.385 e. The Balaban J connectivity index is 2.47. The van der Waals surface area contributed by atoms with E-state index in [1.54, 1.807) is 7.11 Å². The van der Waals surface area contributed by atoms with Crippen LogP contribution >= 0.6 is 0 Å². The molecule has 0 aromatic carbocycles. The highest BCUT2D eigenvalue weighted by Crippen LogP contribution is 2.37. The van der Waals surface area contributed by atoms with Gasteiger partial charge in [0, 0.05) is 32.3 Å². The van der Waals surface area contributed by atoms with Crippen molar-refractivity contribution in [3.8, 4) is 0 Å². The molecule has 0 amide bonds. The molecule has 1 heterocycles. The highest BCUT2D eigenvalue weighted by molar-refractivity contribution is 4.89. The summed E-state index contributed by atoms with van der Waals surface area (Å²) < 4.78 is 10.7. The van der Waals surface area contributed by atoms with E-state index in [1.165, 1.54) is 6.42 Å². The van der Waals surface area contributed by atoms with Crippen molar-refractivity contribution in [2.45, 2.75) is 26.7 Å². The summed E-state index contributed by atoms with van der Waals surface area (Å²) in [6, 6.07) is 0. The maximum atomic E-state index is 5.58. The second-order valence-electron chi connectivity index (χ2n) is 4.63. The highest BCUT2D eigenvalue weighted by Gasteiger charge is 2.39. The number of ether oxygens (including phenoxy) is 2. The zero-order valence-electron chi connectivity index (χ0n) is 10.3. The van der Waals surface area contributed by atoms with E-state index in [-0.39, 0.29) is 0 Å². The Kier molecular flexibility index (Phi) is 5.58. The van der Waals surface area contributed by atoms with Gasteiger partial charge in [-0.1, -0.05) is 13.8 Å². The molecule has 0 aliphatic carbocycles. The molecular weight excluding hydrogens is 190 g/mol. The normalized spacial score (nSPS) is 28.2. The summed E-state index contributed by atoms with van der Waals surface area (Å²) in [5.74, 6) is 0.666. The molecule has 2 atom stereocenters. The molecule has 0 aromatic rings. The molecule has 0 bridgehead atoms. The average Bonchev–Trinajstić information content (AvgIpc) is 2.73. The summed E-state index contributed by atoms with van der Waals surface area (Å²) in [7, 11) is 1.77. The maximum Gasteiger partial charge on any atom is 0.0538 e. The number of hydrogen-bond acceptors (Lipinski definition) is 3. The van der Waals surface area contributed by atoms with Crippen LogP contribution in [-0.2, 0) is 9.47 Å². The molecule has 3 nitrogen and oxygen atoms in total. The molecule has 1 N–H and O–H groups in total. The summed E-state index contributed by atoms with van der Waals surface area (Å²) in [5, 5.41) is 3.47. The van der Waals surface area contributed by atoms with Crippen LogP contribution in [-0.4, -0.2) is 40.0 Å². The Bertz CT molecular complexity index is 167. The maximum absolute atomic E-state index is 5.58. The molecule has 0 spiro atoms. The average molecular weight is 215 g/mol. The molecule has 1 fully saturated rings. The second-order valence-corrected chi connectivity index (χ2v) is 4.63. The van der Waals surface area contributed by atoms with Crippen LogP contribution in [0.3, 0.4) is 0 Å². The molecule has 1 aliphatic rings. The Labute approximate surface area is 93.5 Å². The van der Waals surface area contributed by atoms with Crippen molar-refractivity contribution in [2.24, 2.45) is 11.3 Å². The summed E-state index contributed by atoms with van der Waals surface area (Å²) in [4.78, 5) is 0. The molecule has 1 aliphatic heterocycles. The van der Waals surface area contributed by atoms with Crippen LogP contribution in [0.25, 0.3) is 0 Å². The number of methoxy groups -OCH3 is 1. The molecule has 2 unspecified atom stereocenters.